The maximum absolute atomic E-state index is 14.0. The number of nitrogens with zero attached hydrogens (tertiary/aromatic N) is 2. The number of nitrogens with one attached hydrogen (secondary N) is 1. The van der Waals surface area contributed by atoms with Crippen LogP contribution >= 0.6 is 0 Å². The van der Waals surface area contributed by atoms with Gasteiger partial charge in [-0.25, -0.2) is 8.42 Å². The van der Waals surface area contributed by atoms with Crippen molar-refractivity contribution in [2.75, 3.05) is 24.2 Å². The van der Waals surface area contributed by atoms with Crippen molar-refractivity contribution in [2.24, 2.45) is 0 Å². The zero-order valence-electron chi connectivity index (χ0n) is 25.5. The number of amides is 2. The lowest BCUT2D eigenvalue weighted by molar-refractivity contribution is -0.142. The van der Waals surface area contributed by atoms with Crippen LogP contribution in [0, 0.1) is 6.92 Å². The van der Waals surface area contributed by atoms with Crippen molar-refractivity contribution in [2.45, 2.75) is 65.1 Å². The second-order valence-corrected chi connectivity index (χ2v) is 13.5. The first kappa shape index (κ1) is 32.7. The van der Waals surface area contributed by atoms with Crippen molar-refractivity contribution in [3.05, 3.63) is 95.6 Å². The summed E-state index contributed by atoms with van der Waals surface area (Å²) >= 11 is 0. The summed E-state index contributed by atoms with van der Waals surface area (Å²) in [5.74, 6) is 0.0808. The number of benzene rings is 3. The van der Waals surface area contributed by atoms with E-state index >= 15 is 0 Å². The van der Waals surface area contributed by atoms with Crippen LogP contribution in [0.5, 0.6) is 5.75 Å². The largest absolute Gasteiger partial charge is 0.497 e. The standard InChI is InChI=1S/C33H43N3O5S/c1-25-13-10-16-27(21-25)24-35(30(32(38)34-33(2,3)4)22-26-14-8-7-9-15-26)31(37)19-12-20-36(42(6,39)40)28-17-11-18-29(23-28)41-5/h7-11,13-18,21,23,30H,12,19-20,22,24H2,1-6H3,(H,34,38). The van der Waals surface area contributed by atoms with E-state index in [1.807, 2.05) is 82.3 Å². The smallest absolute Gasteiger partial charge is 0.243 e. The number of sulfonamides is 1. The summed E-state index contributed by atoms with van der Waals surface area (Å²) in [6, 6.07) is 23.6. The molecule has 8 nitrogen and oxygen atoms in total. The van der Waals surface area contributed by atoms with Gasteiger partial charge in [0.1, 0.15) is 11.8 Å². The third kappa shape index (κ3) is 9.91. The first-order valence-corrected chi connectivity index (χ1v) is 15.9. The summed E-state index contributed by atoms with van der Waals surface area (Å²) < 4.78 is 31.9. The molecule has 0 spiro atoms. The van der Waals surface area contributed by atoms with Crippen molar-refractivity contribution < 1.29 is 22.7 Å². The maximum atomic E-state index is 14.0. The quantitative estimate of drug-likeness (QED) is 0.297. The van der Waals surface area contributed by atoms with Gasteiger partial charge in [-0.05, 0) is 57.4 Å². The molecule has 0 fully saturated rings. The van der Waals surface area contributed by atoms with Crippen LogP contribution in [-0.4, -0.2) is 56.6 Å². The Kier molecular flexibility index (Phi) is 11.2. The minimum atomic E-state index is -3.62. The molecule has 0 heterocycles. The Bertz CT molecular complexity index is 1450. The Morgan fingerprint density at radius 3 is 2.21 bits per heavy atom. The summed E-state index contributed by atoms with van der Waals surface area (Å²) in [4.78, 5) is 29.3. The average molecular weight is 594 g/mol. The van der Waals surface area contributed by atoms with Gasteiger partial charge < -0.3 is 15.0 Å². The van der Waals surface area contributed by atoms with Crippen molar-refractivity contribution in [1.29, 1.82) is 0 Å². The Morgan fingerprint density at radius 1 is 0.929 bits per heavy atom. The highest BCUT2D eigenvalue weighted by atomic mass is 32.2. The number of ether oxygens (including phenoxy) is 1. The number of carbonyl (C=O) groups excluding carboxylic acids is 2. The molecule has 0 bridgehead atoms. The summed E-state index contributed by atoms with van der Waals surface area (Å²) in [6.45, 7) is 8.08. The zero-order chi connectivity index (χ0) is 30.9. The maximum Gasteiger partial charge on any atom is 0.243 e. The minimum absolute atomic E-state index is 0.0654. The van der Waals surface area contributed by atoms with Crippen LogP contribution in [0.1, 0.15) is 50.3 Å². The summed E-state index contributed by atoms with van der Waals surface area (Å²) in [5, 5.41) is 3.07. The molecule has 42 heavy (non-hydrogen) atoms. The van der Waals surface area contributed by atoms with E-state index < -0.39 is 21.6 Å². The Hall–Kier alpha value is -3.85. The van der Waals surface area contributed by atoms with Crippen LogP contribution in [0.3, 0.4) is 0 Å². The molecule has 0 aliphatic carbocycles. The number of carbonyl (C=O) groups is 2. The van der Waals surface area contributed by atoms with E-state index in [-0.39, 0.29) is 37.7 Å². The van der Waals surface area contributed by atoms with Crippen LogP contribution in [-0.2, 0) is 32.6 Å². The second-order valence-electron chi connectivity index (χ2n) is 11.6. The molecule has 0 radical (unpaired) electrons. The molecular formula is C33H43N3O5S. The number of aryl methyl sites for hydroxylation is 1. The van der Waals surface area contributed by atoms with Crippen molar-refractivity contribution in [1.82, 2.24) is 10.2 Å². The third-order valence-electron chi connectivity index (χ3n) is 6.70. The number of rotatable bonds is 13. The van der Waals surface area contributed by atoms with Crippen LogP contribution in [0.4, 0.5) is 5.69 Å². The predicted molar refractivity (Wildman–Crippen MR) is 168 cm³/mol. The number of hydrogen-bond donors (Lipinski definition) is 1. The molecule has 0 aliphatic heterocycles. The van der Waals surface area contributed by atoms with Gasteiger partial charge in [0.15, 0.2) is 0 Å². The molecule has 0 saturated heterocycles. The Labute approximate surface area is 250 Å². The SMILES string of the molecule is COc1cccc(N(CCCC(=O)N(Cc2cccc(C)c2)C(Cc2ccccc2)C(=O)NC(C)(C)C)S(C)(=O)=O)c1. The molecule has 1 N–H and O–H groups in total. The van der Waals surface area contributed by atoms with Gasteiger partial charge in [-0.2, -0.15) is 0 Å². The first-order chi connectivity index (χ1) is 19.8. The highest BCUT2D eigenvalue weighted by Crippen LogP contribution is 2.24. The van der Waals surface area contributed by atoms with Crippen LogP contribution in [0.2, 0.25) is 0 Å². The molecule has 1 unspecified atom stereocenters. The molecule has 3 aromatic carbocycles. The van der Waals surface area contributed by atoms with Crippen LogP contribution in [0.15, 0.2) is 78.9 Å². The van der Waals surface area contributed by atoms with Crippen molar-refractivity contribution in [3.8, 4) is 5.75 Å². The lowest BCUT2D eigenvalue weighted by Crippen LogP contribution is -2.54. The number of hydrogen-bond acceptors (Lipinski definition) is 5. The second kappa shape index (κ2) is 14.4. The molecule has 3 aromatic rings. The number of anilines is 1. The highest BCUT2D eigenvalue weighted by Gasteiger charge is 2.32. The minimum Gasteiger partial charge on any atom is -0.497 e. The van der Waals surface area contributed by atoms with Gasteiger partial charge in [-0.3, -0.25) is 13.9 Å². The molecule has 3 rings (SSSR count). The summed E-state index contributed by atoms with van der Waals surface area (Å²) in [7, 11) is -2.10. The topological polar surface area (TPSA) is 96.0 Å². The van der Waals surface area contributed by atoms with Gasteiger partial charge in [0.2, 0.25) is 21.8 Å². The first-order valence-electron chi connectivity index (χ1n) is 14.1. The van der Waals surface area contributed by atoms with Crippen molar-refractivity contribution in [3.63, 3.8) is 0 Å². The van der Waals surface area contributed by atoms with E-state index in [2.05, 4.69) is 5.32 Å². The molecule has 2 amide bonds. The monoisotopic (exact) mass is 593 g/mol. The van der Waals surface area contributed by atoms with Gasteiger partial charge >= 0.3 is 0 Å². The van der Waals surface area contributed by atoms with E-state index in [1.165, 1.54) is 11.4 Å². The molecule has 0 aliphatic rings. The predicted octanol–water partition coefficient (Wildman–Crippen LogP) is 5.10. The van der Waals surface area contributed by atoms with Gasteiger partial charge in [0, 0.05) is 37.5 Å². The Balaban J connectivity index is 1.91. The molecule has 0 aromatic heterocycles. The lowest BCUT2D eigenvalue weighted by atomic mass is 10.00. The van der Waals surface area contributed by atoms with Gasteiger partial charge in [-0.1, -0.05) is 66.2 Å². The Morgan fingerprint density at radius 2 is 1.60 bits per heavy atom. The lowest BCUT2D eigenvalue weighted by Gasteiger charge is -2.34. The van der Waals surface area contributed by atoms with E-state index in [0.29, 0.717) is 17.9 Å². The molecule has 1 atom stereocenters. The van der Waals surface area contributed by atoms with E-state index in [4.69, 9.17) is 4.74 Å². The molecule has 9 heteroatoms. The van der Waals surface area contributed by atoms with Gasteiger partial charge in [0.25, 0.3) is 0 Å². The molecule has 0 saturated carbocycles. The normalized spacial score (nSPS) is 12.3. The van der Waals surface area contributed by atoms with Gasteiger partial charge in [-0.15, -0.1) is 0 Å². The summed E-state index contributed by atoms with van der Waals surface area (Å²) in [5.41, 5.74) is 2.89. The summed E-state index contributed by atoms with van der Waals surface area (Å²) in [6.07, 6.45) is 1.83. The van der Waals surface area contributed by atoms with Crippen LogP contribution < -0.4 is 14.4 Å². The fourth-order valence-electron chi connectivity index (χ4n) is 4.78. The third-order valence-corrected chi connectivity index (χ3v) is 7.89. The average Bonchev–Trinajstić information content (AvgIpc) is 2.92. The highest BCUT2D eigenvalue weighted by molar-refractivity contribution is 7.92. The fraction of sp³-hybridized carbons (Fsp3) is 0.394. The van der Waals surface area contributed by atoms with Gasteiger partial charge in [0.05, 0.1) is 19.1 Å². The molecule has 226 valence electrons. The number of methoxy groups -OCH3 is 1. The van der Waals surface area contributed by atoms with E-state index in [9.17, 15) is 18.0 Å². The van der Waals surface area contributed by atoms with E-state index in [0.717, 1.165) is 22.9 Å². The van der Waals surface area contributed by atoms with Crippen LogP contribution in [0.25, 0.3) is 0 Å². The zero-order valence-corrected chi connectivity index (χ0v) is 26.3. The van der Waals surface area contributed by atoms with Crippen molar-refractivity contribution >= 4 is 27.5 Å². The van der Waals surface area contributed by atoms with E-state index in [1.54, 1.807) is 29.2 Å². The molecular weight excluding hydrogens is 550 g/mol. The fourth-order valence-corrected chi connectivity index (χ4v) is 5.74.